The number of likely N-dealkylation sites (tertiary alicyclic amines) is 1. The first-order valence-corrected chi connectivity index (χ1v) is 9.86. The highest BCUT2D eigenvalue weighted by Gasteiger charge is 2.29. The summed E-state index contributed by atoms with van der Waals surface area (Å²) >= 11 is 0. The molecule has 1 aliphatic heterocycles. The van der Waals surface area contributed by atoms with Gasteiger partial charge >= 0.3 is 0 Å². The summed E-state index contributed by atoms with van der Waals surface area (Å²) in [5.74, 6) is 0.637. The first-order valence-electron chi connectivity index (χ1n) is 9.86. The van der Waals surface area contributed by atoms with Gasteiger partial charge in [0, 0.05) is 49.2 Å². The predicted molar refractivity (Wildman–Crippen MR) is 103 cm³/mol. The zero-order valence-corrected chi connectivity index (χ0v) is 15.5. The summed E-state index contributed by atoms with van der Waals surface area (Å²) in [7, 11) is 0. The molecular formula is C21H26FN3O2. The molecule has 0 spiro atoms. The fraction of sp³-hybridized carbons (Fsp3) is 0.524. The summed E-state index contributed by atoms with van der Waals surface area (Å²) in [6.07, 6.45) is 9.84. The standard InChI is InChI=1S/C21H26FN3O2/c22-10-13-25-15-17(5-7-21(25)26)16-4-6-20(23-14-16)27-19-8-11-24(12-9-19)18-2-1-3-18/h4-7,14-15,18-19H,1-3,8-13H2. The minimum Gasteiger partial charge on any atom is -0.474 e. The first-order chi connectivity index (χ1) is 13.2. The zero-order valence-electron chi connectivity index (χ0n) is 15.5. The Morgan fingerprint density at radius 3 is 2.48 bits per heavy atom. The van der Waals surface area contributed by atoms with Crippen LogP contribution >= 0.6 is 0 Å². The number of aromatic nitrogens is 2. The van der Waals surface area contributed by atoms with Gasteiger partial charge in [-0.15, -0.1) is 0 Å². The third-order valence-electron chi connectivity index (χ3n) is 5.73. The molecule has 0 unspecified atom stereocenters. The summed E-state index contributed by atoms with van der Waals surface area (Å²) in [5, 5.41) is 0. The molecule has 2 aromatic heterocycles. The van der Waals surface area contributed by atoms with Crippen molar-refractivity contribution in [3.05, 3.63) is 47.0 Å². The Morgan fingerprint density at radius 2 is 1.85 bits per heavy atom. The van der Waals surface area contributed by atoms with E-state index in [1.165, 1.54) is 29.9 Å². The molecule has 4 rings (SSSR count). The lowest BCUT2D eigenvalue weighted by Crippen LogP contribution is -2.46. The number of piperidine rings is 1. The molecule has 2 fully saturated rings. The van der Waals surface area contributed by atoms with E-state index >= 15 is 0 Å². The normalized spacial score (nSPS) is 19.0. The van der Waals surface area contributed by atoms with Crippen molar-refractivity contribution >= 4 is 0 Å². The van der Waals surface area contributed by atoms with Gasteiger partial charge in [0.2, 0.25) is 5.88 Å². The number of alkyl halides is 1. The van der Waals surface area contributed by atoms with E-state index in [0.717, 1.165) is 43.1 Å². The van der Waals surface area contributed by atoms with Crippen LogP contribution in [0.15, 0.2) is 41.5 Å². The molecule has 1 aliphatic carbocycles. The van der Waals surface area contributed by atoms with Gasteiger partial charge in [0.05, 0.1) is 6.54 Å². The Labute approximate surface area is 158 Å². The van der Waals surface area contributed by atoms with Gasteiger partial charge in [0.25, 0.3) is 5.56 Å². The summed E-state index contributed by atoms with van der Waals surface area (Å²) in [4.78, 5) is 18.7. The Morgan fingerprint density at radius 1 is 1.07 bits per heavy atom. The molecular weight excluding hydrogens is 345 g/mol. The monoisotopic (exact) mass is 371 g/mol. The van der Waals surface area contributed by atoms with Gasteiger partial charge < -0.3 is 14.2 Å². The lowest BCUT2D eigenvalue weighted by Gasteiger charge is -2.41. The summed E-state index contributed by atoms with van der Waals surface area (Å²) in [5.41, 5.74) is 1.53. The van der Waals surface area contributed by atoms with E-state index in [-0.39, 0.29) is 18.2 Å². The second-order valence-electron chi connectivity index (χ2n) is 7.46. The third-order valence-corrected chi connectivity index (χ3v) is 5.73. The van der Waals surface area contributed by atoms with Crippen molar-refractivity contribution in [1.82, 2.24) is 14.5 Å². The van der Waals surface area contributed by atoms with Crippen LogP contribution in [0.1, 0.15) is 32.1 Å². The predicted octanol–water partition coefficient (Wildman–Crippen LogP) is 3.28. The average Bonchev–Trinajstić information content (AvgIpc) is 2.65. The van der Waals surface area contributed by atoms with E-state index in [9.17, 15) is 9.18 Å². The van der Waals surface area contributed by atoms with Gasteiger partial charge in [0.15, 0.2) is 0 Å². The second-order valence-corrected chi connectivity index (χ2v) is 7.46. The SMILES string of the molecule is O=c1ccc(-c2ccc(OC3CCN(C4CCC4)CC3)nc2)cn1CCF. The van der Waals surface area contributed by atoms with Gasteiger partial charge in [-0.2, -0.15) is 0 Å². The van der Waals surface area contributed by atoms with Gasteiger partial charge in [-0.1, -0.05) is 6.42 Å². The molecule has 5 nitrogen and oxygen atoms in total. The molecule has 2 aromatic rings. The van der Waals surface area contributed by atoms with Crippen LogP contribution in [0.2, 0.25) is 0 Å². The fourth-order valence-electron chi connectivity index (χ4n) is 3.87. The van der Waals surface area contributed by atoms with Crippen molar-refractivity contribution in [1.29, 1.82) is 0 Å². The number of ether oxygens (including phenoxy) is 1. The van der Waals surface area contributed by atoms with Crippen LogP contribution in [0.4, 0.5) is 4.39 Å². The number of nitrogens with zero attached hydrogens (tertiary/aromatic N) is 3. The minimum atomic E-state index is -0.562. The highest BCUT2D eigenvalue weighted by atomic mass is 19.1. The maximum absolute atomic E-state index is 12.6. The second kappa shape index (κ2) is 8.21. The Kier molecular flexibility index (Phi) is 5.53. The number of rotatable bonds is 6. The van der Waals surface area contributed by atoms with Crippen LogP contribution < -0.4 is 10.3 Å². The maximum atomic E-state index is 12.6. The Hall–Kier alpha value is -2.21. The highest BCUT2D eigenvalue weighted by Crippen LogP contribution is 2.28. The molecule has 0 N–H and O–H groups in total. The van der Waals surface area contributed by atoms with Crippen molar-refractivity contribution in [2.45, 2.75) is 50.8 Å². The molecule has 0 radical (unpaired) electrons. The number of pyridine rings is 2. The molecule has 1 saturated carbocycles. The summed E-state index contributed by atoms with van der Waals surface area (Å²) < 4.78 is 20.0. The topological polar surface area (TPSA) is 47.4 Å². The molecule has 0 aromatic carbocycles. The smallest absolute Gasteiger partial charge is 0.250 e. The van der Waals surface area contributed by atoms with E-state index < -0.39 is 6.67 Å². The number of hydrogen-bond donors (Lipinski definition) is 0. The Bertz CT molecular complexity index is 809. The van der Waals surface area contributed by atoms with Crippen molar-refractivity contribution < 1.29 is 9.13 Å². The molecule has 6 heteroatoms. The molecule has 27 heavy (non-hydrogen) atoms. The molecule has 0 bridgehead atoms. The third kappa shape index (κ3) is 4.21. The van der Waals surface area contributed by atoms with Crippen LogP contribution in [0.25, 0.3) is 11.1 Å². The van der Waals surface area contributed by atoms with E-state index in [2.05, 4.69) is 9.88 Å². The van der Waals surface area contributed by atoms with Crippen LogP contribution in [0.5, 0.6) is 5.88 Å². The number of aryl methyl sites for hydroxylation is 1. The van der Waals surface area contributed by atoms with E-state index in [4.69, 9.17) is 4.74 Å². The Balaban J connectivity index is 1.36. The average molecular weight is 371 g/mol. The van der Waals surface area contributed by atoms with Gasteiger partial charge in [-0.05, 0) is 43.4 Å². The number of halogens is 1. The first kappa shape index (κ1) is 18.2. The number of hydrogen-bond acceptors (Lipinski definition) is 4. The van der Waals surface area contributed by atoms with E-state index in [1.54, 1.807) is 18.5 Å². The summed E-state index contributed by atoms with van der Waals surface area (Å²) in [6.45, 7) is 1.74. The van der Waals surface area contributed by atoms with E-state index in [1.807, 2.05) is 12.1 Å². The molecule has 2 aliphatic rings. The van der Waals surface area contributed by atoms with Crippen molar-refractivity contribution in [2.75, 3.05) is 19.8 Å². The minimum absolute atomic E-state index is 0.0703. The molecule has 3 heterocycles. The van der Waals surface area contributed by atoms with Crippen LogP contribution in [-0.4, -0.2) is 46.4 Å². The zero-order chi connectivity index (χ0) is 18.6. The van der Waals surface area contributed by atoms with Crippen LogP contribution in [-0.2, 0) is 6.54 Å². The van der Waals surface area contributed by atoms with Gasteiger partial charge in [-0.25, -0.2) is 9.37 Å². The molecule has 0 amide bonds. The van der Waals surface area contributed by atoms with Crippen molar-refractivity contribution in [2.24, 2.45) is 0 Å². The molecule has 0 atom stereocenters. The lowest BCUT2D eigenvalue weighted by molar-refractivity contribution is 0.0475. The molecule has 144 valence electrons. The highest BCUT2D eigenvalue weighted by molar-refractivity contribution is 5.61. The van der Waals surface area contributed by atoms with Crippen LogP contribution in [0, 0.1) is 0 Å². The van der Waals surface area contributed by atoms with Crippen LogP contribution in [0.3, 0.4) is 0 Å². The maximum Gasteiger partial charge on any atom is 0.250 e. The van der Waals surface area contributed by atoms with Crippen molar-refractivity contribution in [3.8, 4) is 17.0 Å². The fourth-order valence-corrected chi connectivity index (χ4v) is 3.87. The van der Waals surface area contributed by atoms with Crippen molar-refractivity contribution in [3.63, 3.8) is 0 Å². The molecule has 1 saturated heterocycles. The van der Waals surface area contributed by atoms with Gasteiger partial charge in [-0.3, -0.25) is 4.79 Å². The summed E-state index contributed by atoms with van der Waals surface area (Å²) in [6, 6.07) is 7.82. The van der Waals surface area contributed by atoms with Gasteiger partial charge in [0.1, 0.15) is 12.8 Å². The largest absolute Gasteiger partial charge is 0.474 e. The lowest BCUT2D eigenvalue weighted by atomic mass is 9.90. The van der Waals surface area contributed by atoms with E-state index in [0.29, 0.717) is 5.88 Å². The quantitative estimate of drug-likeness (QED) is 0.782.